The van der Waals surface area contributed by atoms with Gasteiger partial charge in [0.05, 0.1) is 30.3 Å². The van der Waals surface area contributed by atoms with Crippen molar-refractivity contribution in [3.05, 3.63) is 58.0 Å². The lowest BCUT2D eigenvalue weighted by molar-refractivity contribution is -0.139. The first-order valence-corrected chi connectivity index (χ1v) is 11.0. The Hall–Kier alpha value is -2.61. The van der Waals surface area contributed by atoms with Crippen molar-refractivity contribution < 1.29 is 18.7 Å². The van der Waals surface area contributed by atoms with Crippen LogP contribution < -0.4 is 5.32 Å². The van der Waals surface area contributed by atoms with Gasteiger partial charge in [-0.2, -0.15) is 0 Å². The first-order chi connectivity index (χ1) is 14.5. The zero-order chi connectivity index (χ0) is 21.3. The number of carbonyl (C=O) groups excluding carboxylic acids is 2. The van der Waals surface area contributed by atoms with Gasteiger partial charge >= 0.3 is 5.97 Å². The van der Waals surface area contributed by atoms with Crippen molar-refractivity contribution in [1.82, 2.24) is 10.2 Å². The highest BCUT2D eigenvalue weighted by Gasteiger charge is 2.41. The largest absolute Gasteiger partial charge is 0.463 e. The standard InChI is InChI=1S/C22H24FN3O3S/c1-3-29-21(28)19-13(2)25-22-26(20(19)15-5-4-6-16(23)9-15)17(12-30-22)10-18(27)24-11-14-7-8-14/h4-6,9,12,14,20H,3,7-8,10-11H2,1-2H3,(H,24,27)/t20-/m0/s1. The number of ether oxygens (including phenoxy) is 1. The van der Waals surface area contributed by atoms with Crippen LogP contribution in [0.3, 0.4) is 0 Å². The number of fused-ring (bicyclic) bond motifs is 1. The molecule has 1 aromatic carbocycles. The van der Waals surface area contributed by atoms with E-state index < -0.39 is 17.8 Å². The molecule has 1 amide bonds. The average molecular weight is 430 g/mol. The number of amides is 1. The van der Waals surface area contributed by atoms with Gasteiger partial charge < -0.3 is 15.0 Å². The van der Waals surface area contributed by atoms with Crippen LogP contribution >= 0.6 is 11.8 Å². The molecule has 0 unspecified atom stereocenters. The number of rotatable bonds is 7. The zero-order valence-electron chi connectivity index (χ0n) is 17.0. The number of aliphatic imine (C=N–C) groups is 1. The summed E-state index contributed by atoms with van der Waals surface area (Å²) < 4.78 is 19.3. The molecule has 2 heterocycles. The molecule has 0 bridgehead atoms. The Morgan fingerprint density at radius 3 is 2.87 bits per heavy atom. The van der Waals surface area contributed by atoms with Crippen molar-refractivity contribution in [3.63, 3.8) is 0 Å². The van der Waals surface area contributed by atoms with Gasteiger partial charge in [-0.25, -0.2) is 14.2 Å². The van der Waals surface area contributed by atoms with E-state index in [0.717, 1.165) is 18.5 Å². The number of amidine groups is 1. The van der Waals surface area contributed by atoms with Crippen LogP contribution in [0.2, 0.25) is 0 Å². The highest BCUT2D eigenvalue weighted by Crippen LogP contribution is 2.44. The molecule has 0 aromatic heterocycles. The second-order valence-corrected chi connectivity index (χ2v) is 8.43. The number of benzene rings is 1. The SMILES string of the molecule is CCOC(=O)C1=C(C)N=C2SC=C(CC(=O)NCC3CC3)N2[C@H]1c1cccc(F)c1. The fourth-order valence-electron chi connectivity index (χ4n) is 3.64. The van der Waals surface area contributed by atoms with Crippen LogP contribution in [0.4, 0.5) is 4.39 Å². The molecular formula is C22H24FN3O3S. The normalized spacial score (nSPS) is 20.5. The predicted octanol–water partition coefficient (Wildman–Crippen LogP) is 3.88. The molecule has 1 saturated carbocycles. The third-order valence-corrected chi connectivity index (χ3v) is 6.18. The lowest BCUT2D eigenvalue weighted by atomic mass is 9.93. The van der Waals surface area contributed by atoms with E-state index in [1.54, 1.807) is 26.0 Å². The summed E-state index contributed by atoms with van der Waals surface area (Å²) in [5.41, 5.74) is 2.24. The van der Waals surface area contributed by atoms with E-state index in [-0.39, 0.29) is 18.9 Å². The molecule has 1 aromatic rings. The zero-order valence-corrected chi connectivity index (χ0v) is 17.8. The maximum absolute atomic E-state index is 14.1. The number of allylic oxidation sites excluding steroid dienone is 1. The molecule has 2 aliphatic heterocycles. The van der Waals surface area contributed by atoms with E-state index >= 15 is 0 Å². The average Bonchev–Trinajstić information content (AvgIpc) is 3.46. The van der Waals surface area contributed by atoms with E-state index in [2.05, 4.69) is 10.3 Å². The van der Waals surface area contributed by atoms with Crippen molar-refractivity contribution in [1.29, 1.82) is 0 Å². The third-order valence-electron chi connectivity index (χ3n) is 5.29. The van der Waals surface area contributed by atoms with E-state index in [9.17, 15) is 14.0 Å². The predicted molar refractivity (Wildman–Crippen MR) is 114 cm³/mol. The summed E-state index contributed by atoms with van der Waals surface area (Å²) in [5.74, 6) is -0.357. The highest BCUT2D eigenvalue weighted by molar-refractivity contribution is 8.16. The van der Waals surface area contributed by atoms with Gasteiger partial charge in [0.2, 0.25) is 5.91 Å². The molecule has 0 radical (unpaired) electrons. The van der Waals surface area contributed by atoms with Crippen LogP contribution in [0.1, 0.15) is 44.7 Å². The molecule has 30 heavy (non-hydrogen) atoms. The highest BCUT2D eigenvalue weighted by atomic mass is 32.2. The van der Waals surface area contributed by atoms with Gasteiger partial charge in [-0.1, -0.05) is 23.9 Å². The third kappa shape index (κ3) is 4.28. The number of hydrogen-bond acceptors (Lipinski definition) is 6. The van der Waals surface area contributed by atoms with Crippen molar-refractivity contribution in [2.24, 2.45) is 10.9 Å². The minimum Gasteiger partial charge on any atom is -0.463 e. The van der Waals surface area contributed by atoms with Crippen molar-refractivity contribution in [3.8, 4) is 0 Å². The topological polar surface area (TPSA) is 71.0 Å². The minimum atomic E-state index is -0.607. The van der Waals surface area contributed by atoms with Crippen LogP contribution in [-0.4, -0.2) is 35.1 Å². The van der Waals surface area contributed by atoms with Gasteiger partial charge in [0.25, 0.3) is 0 Å². The first-order valence-electron chi connectivity index (χ1n) is 10.1. The number of nitrogens with one attached hydrogen (secondary N) is 1. The molecule has 0 saturated heterocycles. The monoisotopic (exact) mass is 429 g/mol. The summed E-state index contributed by atoms with van der Waals surface area (Å²) in [6.45, 7) is 4.41. The van der Waals surface area contributed by atoms with Gasteiger partial charge in [0.15, 0.2) is 5.17 Å². The Kier molecular flexibility index (Phi) is 5.94. The Labute approximate surface area is 179 Å². The molecule has 1 fully saturated rings. The summed E-state index contributed by atoms with van der Waals surface area (Å²) >= 11 is 1.40. The summed E-state index contributed by atoms with van der Waals surface area (Å²) in [7, 11) is 0. The van der Waals surface area contributed by atoms with Crippen molar-refractivity contribution in [2.75, 3.05) is 13.2 Å². The second kappa shape index (κ2) is 8.63. The molecule has 6 nitrogen and oxygen atoms in total. The number of hydrogen-bond donors (Lipinski definition) is 1. The van der Waals surface area contributed by atoms with Gasteiger partial charge in [0.1, 0.15) is 5.82 Å². The van der Waals surface area contributed by atoms with Crippen LogP contribution in [0.15, 0.2) is 51.6 Å². The van der Waals surface area contributed by atoms with Gasteiger partial charge in [-0.05, 0) is 55.7 Å². The summed E-state index contributed by atoms with van der Waals surface area (Å²) in [6, 6.07) is 5.56. The maximum atomic E-state index is 14.1. The Bertz CT molecular complexity index is 968. The molecular weight excluding hydrogens is 405 g/mol. The lowest BCUT2D eigenvalue weighted by Gasteiger charge is -2.36. The van der Waals surface area contributed by atoms with Crippen molar-refractivity contribution in [2.45, 2.75) is 39.2 Å². The van der Waals surface area contributed by atoms with Crippen LogP contribution in [0, 0.1) is 11.7 Å². The quantitative estimate of drug-likeness (QED) is 0.666. The molecule has 1 aliphatic carbocycles. The van der Waals surface area contributed by atoms with E-state index in [1.807, 2.05) is 10.3 Å². The summed E-state index contributed by atoms with van der Waals surface area (Å²) in [6.07, 6.45) is 2.49. The Morgan fingerprint density at radius 1 is 1.37 bits per heavy atom. The van der Waals surface area contributed by atoms with E-state index in [1.165, 1.54) is 23.9 Å². The Balaban J connectivity index is 1.66. The molecule has 1 atom stereocenters. The van der Waals surface area contributed by atoms with Crippen LogP contribution in [0.5, 0.6) is 0 Å². The van der Waals surface area contributed by atoms with Gasteiger partial charge in [-0.3, -0.25) is 4.79 Å². The van der Waals surface area contributed by atoms with Crippen LogP contribution in [-0.2, 0) is 14.3 Å². The lowest BCUT2D eigenvalue weighted by Crippen LogP contribution is -2.38. The molecule has 1 N–H and O–H groups in total. The maximum Gasteiger partial charge on any atom is 0.338 e. The van der Waals surface area contributed by atoms with Crippen LogP contribution in [0.25, 0.3) is 0 Å². The van der Waals surface area contributed by atoms with E-state index in [4.69, 9.17) is 4.74 Å². The minimum absolute atomic E-state index is 0.0723. The molecule has 4 rings (SSSR count). The number of nitrogens with zero attached hydrogens (tertiary/aromatic N) is 2. The second-order valence-electron chi connectivity index (χ2n) is 7.59. The summed E-state index contributed by atoms with van der Waals surface area (Å²) in [4.78, 5) is 31.7. The number of thioether (sulfide) groups is 1. The summed E-state index contributed by atoms with van der Waals surface area (Å²) in [5, 5.41) is 5.52. The molecule has 3 aliphatic rings. The van der Waals surface area contributed by atoms with Gasteiger partial charge in [0, 0.05) is 12.2 Å². The van der Waals surface area contributed by atoms with Crippen molar-refractivity contribution >= 4 is 28.8 Å². The number of esters is 1. The molecule has 0 spiro atoms. The fraction of sp³-hybridized carbons (Fsp3) is 0.409. The fourth-order valence-corrected chi connectivity index (χ4v) is 4.60. The van der Waals surface area contributed by atoms with Gasteiger partial charge in [-0.15, -0.1) is 0 Å². The Morgan fingerprint density at radius 2 is 2.17 bits per heavy atom. The molecule has 8 heteroatoms. The van der Waals surface area contributed by atoms with E-state index in [0.29, 0.717) is 34.5 Å². The molecule has 158 valence electrons. The smallest absolute Gasteiger partial charge is 0.338 e. The first kappa shape index (κ1) is 20.7. The number of carbonyl (C=O) groups is 2. The number of halogens is 1.